The molecule has 0 radical (unpaired) electrons. The fraction of sp³-hybridized carbons (Fsp3) is 0.467. The van der Waals surface area contributed by atoms with Crippen molar-refractivity contribution in [2.24, 2.45) is 5.92 Å². The Morgan fingerprint density at radius 3 is 2.09 bits per heavy atom. The summed E-state index contributed by atoms with van der Waals surface area (Å²) in [4.78, 5) is 22.7. The molecule has 0 aromatic heterocycles. The number of carbonyl (C=O) groups is 2. The van der Waals surface area contributed by atoms with Gasteiger partial charge in [-0.25, -0.2) is 0 Å². The van der Waals surface area contributed by atoms with Crippen LogP contribution < -0.4 is 0 Å². The fourth-order valence-electron chi connectivity index (χ4n) is 1.72. The maximum absolute atomic E-state index is 12.8. The molecule has 1 aromatic rings. The van der Waals surface area contributed by atoms with Crippen LogP contribution in [0.2, 0.25) is 0 Å². The highest BCUT2D eigenvalue weighted by molar-refractivity contribution is 5.73. The predicted octanol–water partition coefficient (Wildman–Crippen LogP) is 3.25. The molecule has 0 heterocycles. The van der Waals surface area contributed by atoms with Gasteiger partial charge in [-0.2, -0.15) is 13.2 Å². The van der Waals surface area contributed by atoms with E-state index < -0.39 is 36.9 Å². The third-order valence-corrected chi connectivity index (χ3v) is 2.84. The average molecular weight is 318 g/mol. The quantitative estimate of drug-likeness (QED) is 0.724. The van der Waals surface area contributed by atoms with Crippen molar-refractivity contribution in [3.05, 3.63) is 35.9 Å². The van der Waals surface area contributed by atoms with Crippen LogP contribution in [0, 0.1) is 5.92 Å². The number of esters is 2. The smallest absolute Gasteiger partial charge is 0.392 e. The van der Waals surface area contributed by atoms with Crippen molar-refractivity contribution in [2.75, 3.05) is 6.61 Å². The molecule has 0 bridgehead atoms. The molecule has 1 rings (SSSR count). The molecular formula is C15H17F3O4. The molecule has 0 fully saturated rings. The van der Waals surface area contributed by atoms with Gasteiger partial charge >= 0.3 is 18.1 Å². The topological polar surface area (TPSA) is 52.6 Å². The van der Waals surface area contributed by atoms with Crippen molar-refractivity contribution >= 4 is 11.9 Å². The molecule has 0 aliphatic carbocycles. The van der Waals surface area contributed by atoms with Crippen molar-refractivity contribution in [3.63, 3.8) is 0 Å². The zero-order valence-electron chi connectivity index (χ0n) is 12.1. The first-order chi connectivity index (χ1) is 10.3. The van der Waals surface area contributed by atoms with E-state index in [0.29, 0.717) is 5.56 Å². The van der Waals surface area contributed by atoms with Gasteiger partial charge in [-0.05, 0) is 12.5 Å². The van der Waals surface area contributed by atoms with Crippen LogP contribution >= 0.6 is 0 Å². The molecule has 4 nitrogen and oxygen atoms in total. The predicted molar refractivity (Wildman–Crippen MR) is 71.7 cm³/mol. The number of benzene rings is 1. The molecule has 0 aliphatic rings. The van der Waals surface area contributed by atoms with Crippen LogP contribution in [-0.4, -0.2) is 24.7 Å². The minimum atomic E-state index is -4.67. The highest BCUT2D eigenvalue weighted by Gasteiger charge is 2.42. The SMILES string of the molecule is CCOC(=O)CC(CC(=O)OCc1ccccc1)C(F)(F)F. The second kappa shape index (κ2) is 8.41. The maximum Gasteiger partial charge on any atom is 0.392 e. The summed E-state index contributed by atoms with van der Waals surface area (Å²) in [5.74, 6) is -4.09. The largest absolute Gasteiger partial charge is 0.466 e. The molecule has 122 valence electrons. The Balaban J connectivity index is 2.54. The van der Waals surface area contributed by atoms with Crippen LogP contribution in [-0.2, 0) is 25.7 Å². The molecular weight excluding hydrogens is 301 g/mol. The Bertz CT molecular complexity index is 485. The lowest BCUT2D eigenvalue weighted by Crippen LogP contribution is -2.29. The van der Waals surface area contributed by atoms with Crippen LogP contribution in [0.15, 0.2) is 30.3 Å². The van der Waals surface area contributed by atoms with Gasteiger partial charge in [0.2, 0.25) is 0 Å². The van der Waals surface area contributed by atoms with Crippen LogP contribution in [0.25, 0.3) is 0 Å². The zero-order chi connectivity index (χ0) is 16.6. The second-order valence-electron chi connectivity index (χ2n) is 4.60. The minimum Gasteiger partial charge on any atom is -0.466 e. The molecule has 0 N–H and O–H groups in total. The average Bonchev–Trinajstić information content (AvgIpc) is 2.45. The van der Waals surface area contributed by atoms with Crippen LogP contribution in [0.5, 0.6) is 0 Å². The van der Waals surface area contributed by atoms with Crippen molar-refractivity contribution in [1.82, 2.24) is 0 Å². The Morgan fingerprint density at radius 2 is 1.59 bits per heavy atom. The molecule has 0 amide bonds. The van der Waals surface area contributed by atoms with Crippen molar-refractivity contribution in [2.45, 2.75) is 32.5 Å². The fourth-order valence-corrected chi connectivity index (χ4v) is 1.72. The van der Waals surface area contributed by atoms with Crippen molar-refractivity contribution in [1.29, 1.82) is 0 Å². The van der Waals surface area contributed by atoms with Gasteiger partial charge in [-0.1, -0.05) is 30.3 Å². The summed E-state index contributed by atoms with van der Waals surface area (Å²) in [6, 6.07) is 8.59. The van der Waals surface area contributed by atoms with Crippen LogP contribution in [0.1, 0.15) is 25.3 Å². The molecule has 22 heavy (non-hydrogen) atoms. The lowest BCUT2D eigenvalue weighted by molar-refractivity contribution is -0.191. The van der Waals surface area contributed by atoms with E-state index >= 15 is 0 Å². The summed E-state index contributed by atoms with van der Waals surface area (Å²) in [6.07, 6.45) is -6.47. The molecule has 0 spiro atoms. The van der Waals surface area contributed by atoms with Gasteiger partial charge in [-0.3, -0.25) is 9.59 Å². The Kier molecular flexibility index (Phi) is 6.88. The first-order valence-electron chi connectivity index (χ1n) is 6.74. The molecule has 0 aliphatic heterocycles. The summed E-state index contributed by atoms with van der Waals surface area (Å²) in [5.41, 5.74) is 0.671. The number of ether oxygens (including phenoxy) is 2. The van der Waals surface area contributed by atoms with E-state index in [9.17, 15) is 22.8 Å². The summed E-state index contributed by atoms with van der Waals surface area (Å²) < 4.78 is 47.8. The van der Waals surface area contributed by atoms with Crippen molar-refractivity contribution in [3.8, 4) is 0 Å². The van der Waals surface area contributed by atoms with E-state index in [0.717, 1.165) is 0 Å². The number of hydrogen-bond acceptors (Lipinski definition) is 4. The summed E-state index contributed by atoms with van der Waals surface area (Å²) in [6.45, 7) is 1.38. The highest BCUT2D eigenvalue weighted by Crippen LogP contribution is 2.32. The van der Waals surface area contributed by atoms with Crippen molar-refractivity contribution < 1.29 is 32.2 Å². The zero-order valence-corrected chi connectivity index (χ0v) is 12.1. The summed E-state index contributed by atoms with van der Waals surface area (Å²) in [5, 5.41) is 0. The van der Waals surface area contributed by atoms with Gasteiger partial charge in [0.25, 0.3) is 0 Å². The molecule has 1 aromatic carbocycles. The van der Waals surface area contributed by atoms with E-state index in [1.807, 2.05) is 0 Å². The maximum atomic E-state index is 12.8. The molecule has 1 atom stereocenters. The lowest BCUT2D eigenvalue weighted by Gasteiger charge is -2.18. The first-order valence-corrected chi connectivity index (χ1v) is 6.74. The standard InChI is InChI=1S/C15H17F3O4/c1-2-21-13(19)8-12(15(16,17)18)9-14(20)22-10-11-6-4-3-5-7-11/h3-7,12H,2,8-10H2,1H3. The summed E-state index contributed by atoms with van der Waals surface area (Å²) >= 11 is 0. The van der Waals surface area contributed by atoms with Crippen LogP contribution in [0.4, 0.5) is 13.2 Å². The van der Waals surface area contributed by atoms with Gasteiger partial charge in [0.15, 0.2) is 0 Å². The highest BCUT2D eigenvalue weighted by atomic mass is 19.4. The third kappa shape index (κ3) is 6.60. The molecule has 0 saturated carbocycles. The Hall–Kier alpha value is -2.05. The van der Waals surface area contributed by atoms with Gasteiger partial charge in [0.1, 0.15) is 6.61 Å². The minimum absolute atomic E-state index is 0.0120. The van der Waals surface area contributed by atoms with Crippen LogP contribution in [0.3, 0.4) is 0 Å². The summed E-state index contributed by atoms with van der Waals surface area (Å²) in [7, 11) is 0. The van der Waals surface area contributed by atoms with E-state index in [-0.39, 0.29) is 13.2 Å². The Morgan fingerprint density at radius 1 is 1.05 bits per heavy atom. The van der Waals surface area contributed by atoms with E-state index in [4.69, 9.17) is 4.74 Å². The third-order valence-electron chi connectivity index (χ3n) is 2.84. The number of carbonyl (C=O) groups excluding carboxylic acids is 2. The van der Waals surface area contributed by atoms with E-state index in [1.165, 1.54) is 6.92 Å². The molecule has 7 heteroatoms. The van der Waals surface area contributed by atoms with Gasteiger partial charge in [0.05, 0.1) is 25.4 Å². The second-order valence-corrected chi connectivity index (χ2v) is 4.60. The lowest BCUT2D eigenvalue weighted by atomic mass is 10.0. The number of hydrogen-bond donors (Lipinski definition) is 0. The van der Waals surface area contributed by atoms with Gasteiger partial charge in [0, 0.05) is 0 Å². The van der Waals surface area contributed by atoms with E-state index in [2.05, 4.69) is 4.74 Å². The Labute approximate surface area is 126 Å². The number of rotatable bonds is 7. The first kappa shape index (κ1) is 18.0. The number of alkyl halides is 3. The number of halogens is 3. The normalized spacial score (nSPS) is 12.5. The van der Waals surface area contributed by atoms with Gasteiger partial charge < -0.3 is 9.47 Å². The van der Waals surface area contributed by atoms with E-state index in [1.54, 1.807) is 30.3 Å². The van der Waals surface area contributed by atoms with Gasteiger partial charge in [-0.15, -0.1) is 0 Å². The molecule has 1 unspecified atom stereocenters. The monoisotopic (exact) mass is 318 g/mol. The molecule has 0 saturated heterocycles.